The van der Waals surface area contributed by atoms with Crippen LogP contribution < -0.4 is 11.1 Å². The van der Waals surface area contributed by atoms with Crippen molar-refractivity contribution in [1.29, 1.82) is 0 Å². The molecule has 0 aliphatic rings. The summed E-state index contributed by atoms with van der Waals surface area (Å²) in [6.45, 7) is 4.04. The maximum atomic E-state index is 11.9. The number of nitrogens with two attached hydrogens (primary N) is 1. The molecule has 102 valence electrons. The Kier molecular flexibility index (Phi) is 3.79. The number of aryl methyl sites for hydroxylation is 2. The summed E-state index contributed by atoms with van der Waals surface area (Å²) in [6, 6.07) is 0. The number of carbonyl (C=O) groups excluding carboxylic acids is 1. The van der Waals surface area contributed by atoms with E-state index in [-0.39, 0.29) is 11.6 Å². The van der Waals surface area contributed by atoms with E-state index in [4.69, 9.17) is 10.3 Å². The van der Waals surface area contributed by atoms with Crippen LogP contribution in [-0.4, -0.2) is 32.8 Å². The van der Waals surface area contributed by atoms with Gasteiger partial charge in [-0.3, -0.25) is 9.89 Å². The van der Waals surface area contributed by atoms with E-state index in [0.717, 1.165) is 5.69 Å². The molecule has 0 radical (unpaired) electrons. The highest BCUT2D eigenvalue weighted by Gasteiger charge is 2.16. The first-order chi connectivity index (χ1) is 9.11. The molecule has 0 aliphatic carbocycles. The van der Waals surface area contributed by atoms with E-state index in [1.165, 1.54) is 0 Å². The zero-order valence-corrected chi connectivity index (χ0v) is 10.9. The molecule has 2 rings (SSSR count). The first-order valence-electron chi connectivity index (χ1n) is 6.02. The molecule has 8 heteroatoms. The maximum Gasteiger partial charge on any atom is 0.273 e. The smallest absolute Gasteiger partial charge is 0.273 e. The second kappa shape index (κ2) is 5.51. The number of nitrogens with zero attached hydrogens (tertiary/aromatic N) is 3. The summed E-state index contributed by atoms with van der Waals surface area (Å²) in [4.78, 5) is 15.9. The van der Waals surface area contributed by atoms with E-state index in [9.17, 15) is 4.79 Å². The Labute approximate surface area is 109 Å². The van der Waals surface area contributed by atoms with Crippen LogP contribution in [0.25, 0.3) is 0 Å². The summed E-state index contributed by atoms with van der Waals surface area (Å²) in [5.74, 6) is 0.751. The lowest BCUT2D eigenvalue weighted by atomic mass is 10.2. The van der Waals surface area contributed by atoms with E-state index >= 15 is 0 Å². The highest BCUT2D eigenvalue weighted by Crippen LogP contribution is 2.13. The molecule has 8 nitrogen and oxygen atoms in total. The molecule has 1 amide bonds. The summed E-state index contributed by atoms with van der Waals surface area (Å²) in [5.41, 5.74) is 7.19. The first kappa shape index (κ1) is 13.1. The Hall–Kier alpha value is -2.38. The number of amides is 1. The quantitative estimate of drug-likeness (QED) is 0.709. The number of hydrogen-bond donors (Lipinski definition) is 3. The van der Waals surface area contributed by atoms with Gasteiger partial charge in [0.15, 0.2) is 11.5 Å². The van der Waals surface area contributed by atoms with E-state index in [1.807, 2.05) is 6.92 Å². The van der Waals surface area contributed by atoms with Gasteiger partial charge >= 0.3 is 0 Å². The van der Waals surface area contributed by atoms with Crippen molar-refractivity contribution >= 4 is 11.6 Å². The zero-order chi connectivity index (χ0) is 13.8. The van der Waals surface area contributed by atoms with E-state index < -0.39 is 0 Å². The minimum atomic E-state index is -0.311. The predicted molar refractivity (Wildman–Crippen MR) is 67.5 cm³/mol. The number of hydrogen-bond acceptors (Lipinski definition) is 6. The van der Waals surface area contributed by atoms with Crippen LogP contribution in [0.5, 0.6) is 0 Å². The molecular weight excluding hydrogens is 248 g/mol. The van der Waals surface area contributed by atoms with Gasteiger partial charge in [0, 0.05) is 19.9 Å². The lowest BCUT2D eigenvalue weighted by Crippen LogP contribution is -2.27. The molecule has 0 unspecified atom stereocenters. The van der Waals surface area contributed by atoms with Crippen LogP contribution in [0.4, 0.5) is 5.69 Å². The average molecular weight is 264 g/mol. The fourth-order valence-corrected chi connectivity index (χ4v) is 1.64. The summed E-state index contributed by atoms with van der Waals surface area (Å²) >= 11 is 0. The largest absolute Gasteiger partial charge is 0.395 e. The lowest BCUT2D eigenvalue weighted by molar-refractivity contribution is 0.0950. The highest BCUT2D eigenvalue weighted by atomic mass is 16.5. The average Bonchev–Trinajstić information content (AvgIpc) is 2.95. The van der Waals surface area contributed by atoms with Crippen LogP contribution >= 0.6 is 0 Å². The number of nitrogens with one attached hydrogen (secondary N) is 2. The van der Waals surface area contributed by atoms with Gasteiger partial charge in [-0.05, 0) is 6.42 Å². The number of nitrogen functional groups attached to an aromatic ring is 1. The van der Waals surface area contributed by atoms with Crippen LogP contribution in [0.2, 0.25) is 0 Å². The first-order valence-corrected chi connectivity index (χ1v) is 6.02. The van der Waals surface area contributed by atoms with Crippen molar-refractivity contribution in [2.45, 2.75) is 26.7 Å². The fourth-order valence-electron chi connectivity index (χ4n) is 1.64. The van der Waals surface area contributed by atoms with Gasteiger partial charge in [-0.2, -0.15) is 10.1 Å². The van der Waals surface area contributed by atoms with Gasteiger partial charge in [0.05, 0.1) is 11.4 Å². The predicted octanol–water partition coefficient (Wildman–Crippen LogP) is 0.218. The molecule has 0 fully saturated rings. The summed E-state index contributed by atoms with van der Waals surface area (Å²) < 4.78 is 4.83. The molecule has 2 heterocycles. The molecule has 0 atom stereocenters. The van der Waals surface area contributed by atoms with Gasteiger partial charge < -0.3 is 15.6 Å². The molecule has 0 bridgehead atoms. The normalized spacial score (nSPS) is 10.6. The summed E-state index contributed by atoms with van der Waals surface area (Å²) in [5, 5.41) is 13.1. The van der Waals surface area contributed by atoms with Crippen LogP contribution in [0.15, 0.2) is 4.52 Å². The Morgan fingerprint density at radius 3 is 2.89 bits per heavy atom. The number of rotatable bonds is 5. The van der Waals surface area contributed by atoms with Gasteiger partial charge in [-0.25, -0.2) is 0 Å². The van der Waals surface area contributed by atoms with Crippen LogP contribution in [-0.2, 0) is 12.8 Å². The highest BCUT2D eigenvalue weighted by molar-refractivity contribution is 5.97. The maximum absolute atomic E-state index is 11.9. The lowest BCUT2D eigenvalue weighted by Gasteiger charge is -2.01. The molecule has 0 aromatic carbocycles. The van der Waals surface area contributed by atoms with Crippen LogP contribution in [0.1, 0.15) is 34.8 Å². The standard InChI is InChI=1S/C11H16N6O2/c1-3-7-9(12)10(16-15-7)11(18)13-5-4-8-14-6(2)19-17-8/h3-5,12H2,1-2H3,(H,13,18)(H,15,16). The minimum Gasteiger partial charge on any atom is -0.395 e. The van der Waals surface area contributed by atoms with Crippen molar-refractivity contribution in [3.05, 3.63) is 23.1 Å². The van der Waals surface area contributed by atoms with Crippen molar-refractivity contribution in [2.75, 3.05) is 12.3 Å². The van der Waals surface area contributed by atoms with E-state index in [1.54, 1.807) is 6.92 Å². The number of aromatic nitrogens is 4. The van der Waals surface area contributed by atoms with Gasteiger partial charge in [0.2, 0.25) is 5.89 Å². The molecule has 0 aliphatic heterocycles. The van der Waals surface area contributed by atoms with E-state index in [0.29, 0.717) is 36.8 Å². The Morgan fingerprint density at radius 2 is 2.32 bits per heavy atom. The van der Waals surface area contributed by atoms with Crippen molar-refractivity contribution in [1.82, 2.24) is 25.7 Å². The van der Waals surface area contributed by atoms with Gasteiger partial charge in [0.25, 0.3) is 5.91 Å². The van der Waals surface area contributed by atoms with E-state index in [2.05, 4.69) is 25.7 Å². The van der Waals surface area contributed by atoms with Gasteiger partial charge in [-0.1, -0.05) is 12.1 Å². The third kappa shape index (κ3) is 2.90. The second-order valence-corrected chi connectivity index (χ2v) is 4.05. The third-order valence-corrected chi connectivity index (χ3v) is 2.66. The molecule has 0 saturated heterocycles. The summed E-state index contributed by atoms with van der Waals surface area (Å²) in [6.07, 6.45) is 1.20. The molecule has 0 spiro atoms. The van der Waals surface area contributed by atoms with Gasteiger partial charge in [-0.15, -0.1) is 0 Å². The van der Waals surface area contributed by atoms with Crippen LogP contribution in [0, 0.1) is 6.92 Å². The Bertz CT molecular complexity index is 574. The summed E-state index contributed by atoms with van der Waals surface area (Å²) in [7, 11) is 0. The number of aromatic amines is 1. The Morgan fingerprint density at radius 1 is 1.53 bits per heavy atom. The SMILES string of the molecule is CCc1[nH]nc(C(=O)NCCc2noc(C)n2)c1N. The zero-order valence-electron chi connectivity index (χ0n) is 10.9. The van der Waals surface area contributed by atoms with Crippen molar-refractivity contribution in [2.24, 2.45) is 0 Å². The topological polar surface area (TPSA) is 123 Å². The fraction of sp³-hybridized carbons (Fsp3) is 0.455. The third-order valence-electron chi connectivity index (χ3n) is 2.66. The number of H-pyrrole nitrogens is 1. The molecule has 4 N–H and O–H groups in total. The van der Waals surface area contributed by atoms with Crippen molar-refractivity contribution < 1.29 is 9.32 Å². The van der Waals surface area contributed by atoms with Crippen LogP contribution in [0.3, 0.4) is 0 Å². The Balaban J connectivity index is 1.89. The van der Waals surface area contributed by atoms with Crippen molar-refractivity contribution in [3.63, 3.8) is 0 Å². The molecule has 19 heavy (non-hydrogen) atoms. The second-order valence-electron chi connectivity index (χ2n) is 4.05. The van der Waals surface area contributed by atoms with Gasteiger partial charge in [0.1, 0.15) is 0 Å². The molecule has 0 saturated carbocycles. The monoisotopic (exact) mass is 264 g/mol. The molecule has 2 aromatic rings. The van der Waals surface area contributed by atoms with Crippen molar-refractivity contribution in [3.8, 4) is 0 Å². The minimum absolute atomic E-state index is 0.223. The number of carbonyl (C=O) groups is 1. The number of anilines is 1. The molecular formula is C11H16N6O2. The molecule has 2 aromatic heterocycles.